The van der Waals surface area contributed by atoms with Crippen LogP contribution in [0.15, 0.2) is 42.5 Å². The van der Waals surface area contributed by atoms with Gasteiger partial charge in [-0.3, -0.25) is 0 Å². The van der Waals surface area contributed by atoms with Crippen LogP contribution < -0.4 is 4.90 Å². The third-order valence-electron chi connectivity index (χ3n) is 2.55. The lowest BCUT2D eigenvalue weighted by Crippen LogP contribution is -2.23. The van der Waals surface area contributed by atoms with Gasteiger partial charge in [-0.25, -0.2) is 4.79 Å². The molecule has 0 atom stereocenters. The third kappa shape index (κ3) is 4.04. The average Bonchev–Trinajstić information content (AvgIpc) is 2.45. The quantitative estimate of drug-likeness (QED) is 0.371. The Bertz CT molecular complexity index is 601. The van der Waals surface area contributed by atoms with Crippen molar-refractivity contribution in [1.82, 2.24) is 0 Å². The van der Waals surface area contributed by atoms with E-state index < -0.39 is 5.97 Å². The second kappa shape index (κ2) is 7.45. The number of nitrogens with zero attached hydrogens (tertiary/aromatic N) is 2. The van der Waals surface area contributed by atoms with E-state index in [1.807, 2.05) is 17.0 Å². The fourth-order valence-electron chi connectivity index (χ4n) is 1.62. The highest BCUT2D eigenvalue weighted by atomic mass is 16.4. The first-order valence-electron chi connectivity index (χ1n) is 5.86. The summed E-state index contributed by atoms with van der Waals surface area (Å²) >= 11 is 0. The number of carboxylic acid groups (broad SMARTS) is 1. The molecule has 1 N–H and O–H groups in total. The molecule has 1 aromatic carbocycles. The molecule has 1 aromatic rings. The minimum absolute atomic E-state index is 0.302. The first kappa shape index (κ1) is 15.1. The van der Waals surface area contributed by atoms with Crippen LogP contribution in [0.25, 0.3) is 6.08 Å². The first-order valence-corrected chi connectivity index (χ1v) is 5.86. The van der Waals surface area contributed by atoms with Gasteiger partial charge in [-0.2, -0.15) is 5.26 Å². The van der Waals surface area contributed by atoms with Gasteiger partial charge in [-0.05, 0) is 23.8 Å². The molecular weight excluding hydrogens is 252 g/mol. The summed E-state index contributed by atoms with van der Waals surface area (Å²) in [4.78, 5) is 12.7. The van der Waals surface area contributed by atoms with Gasteiger partial charge in [0.05, 0.1) is 6.54 Å². The standard InChI is InChI=1S/C16H14N2O2/c1-3-9-18(10-4-2)15-7-5-13(6-8-15)11-14(12-17)16(19)20/h1,4-8,11H,2,9-10H2,(H,19,20)/b14-11+. The smallest absolute Gasteiger partial charge is 0.346 e. The molecule has 20 heavy (non-hydrogen) atoms. The highest BCUT2D eigenvalue weighted by molar-refractivity contribution is 5.96. The number of terminal acetylenes is 1. The molecule has 0 radical (unpaired) electrons. The van der Waals surface area contributed by atoms with Crippen molar-refractivity contribution in [3.05, 3.63) is 48.1 Å². The van der Waals surface area contributed by atoms with Gasteiger partial charge < -0.3 is 10.0 Å². The monoisotopic (exact) mass is 266 g/mol. The first-order chi connectivity index (χ1) is 9.62. The second-order valence-corrected chi connectivity index (χ2v) is 3.94. The molecular formula is C16H14N2O2. The summed E-state index contributed by atoms with van der Waals surface area (Å²) in [7, 11) is 0. The van der Waals surface area contributed by atoms with Crippen molar-refractivity contribution < 1.29 is 9.90 Å². The zero-order chi connectivity index (χ0) is 15.0. The summed E-state index contributed by atoms with van der Waals surface area (Å²) < 4.78 is 0. The van der Waals surface area contributed by atoms with E-state index in [9.17, 15) is 4.79 Å². The van der Waals surface area contributed by atoms with Gasteiger partial charge in [-0.15, -0.1) is 13.0 Å². The number of carboxylic acids is 1. The van der Waals surface area contributed by atoms with Crippen LogP contribution in [0.3, 0.4) is 0 Å². The van der Waals surface area contributed by atoms with Crippen molar-refractivity contribution in [2.75, 3.05) is 18.0 Å². The molecule has 100 valence electrons. The molecule has 0 bridgehead atoms. The van der Waals surface area contributed by atoms with Gasteiger partial charge in [-0.1, -0.05) is 24.1 Å². The van der Waals surface area contributed by atoms with Crippen LogP contribution in [0.1, 0.15) is 5.56 Å². The molecule has 0 aliphatic carbocycles. The topological polar surface area (TPSA) is 64.3 Å². The van der Waals surface area contributed by atoms with E-state index in [2.05, 4.69) is 12.5 Å². The molecule has 0 fully saturated rings. The fraction of sp³-hybridized carbons (Fsp3) is 0.125. The van der Waals surface area contributed by atoms with Crippen molar-refractivity contribution in [1.29, 1.82) is 5.26 Å². The summed E-state index contributed by atoms with van der Waals surface area (Å²) in [5.74, 6) is 1.33. The Labute approximate surface area is 118 Å². The van der Waals surface area contributed by atoms with Gasteiger partial charge in [0.25, 0.3) is 0 Å². The Balaban J connectivity index is 2.99. The molecule has 0 amide bonds. The Kier molecular flexibility index (Phi) is 5.62. The van der Waals surface area contributed by atoms with Crippen LogP contribution >= 0.6 is 0 Å². The molecule has 0 spiro atoms. The lowest BCUT2D eigenvalue weighted by atomic mass is 10.1. The molecule has 0 aliphatic rings. The number of benzene rings is 1. The van der Waals surface area contributed by atoms with E-state index in [0.29, 0.717) is 18.7 Å². The normalized spacial score (nSPS) is 10.2. The SMILES string of the molecule is C#CCN(CC=C)c1ccc(/C=C(\C#N)C(=O)O)cc1. The van der Waals surface area contributed by atoms with E-state index >= 15 is 0 Å². The van der Waals surface area contributed by atoms with Crippen molar-refractivity contribution in [3.63, 3.8) is 0 Å². The van der Waals surface area contributed by atoms with Crippen LogP contribution in [0.5, 0.6) is 0 Å². The highest BCUT2D eigenvalue weighted by Crippen LogP contribution is 2.16. The van der Waals surface area contributed by atoms with Crippen molar-refractivity contribution >= 4 is 17.7 Å². The Hall–Kier alpha value is -2.98. The molecule has 4 nitrogen and oxygen atoms in total. The van der Waals surface area contributed by atoms with Crippen molar-refractivity contribution in [2.45, 2.75) is 0 Å². The molecule has 0 saturated carbocycles. The maximum absolute atomic E-state index is 10.7. The van der Waals surface area contributed by atoms with Gasteiger partial charge in [0.15, 0.2) is 0 Å². The maximum atomic E-state index is 10.7. The van der Waals surface area contributed by atoms with Crippen LogP contribution in [0, 0.1) is 23.7 Å². The molecule has 0 aliphatic heterocycles. The summed E-state index contributed by atoms with van der Waals surface area (Å²) in [5.41, 5.74) is 1.25. The van der Waals surface area contributed by atoms with Crippen molar-refractivity contribution in [3.8, 4) is 18.4 Å². The van der Waals surface area contributed by atoms with E-state index in [1.54, 1.807) is 24.3 Å². The molecule has 4 heteroatoms. The summed E-state index contributed by atoms with van der Waals surface area (Å²) in [5, 5.41) is 17.5. The Morgan fingerprint density at radius 3 is 2.55 bits per heavy atom. The van der Waals surface area contributed by atoms with Gasteiger partial charge >= 0.3 is 5.97 Å². The van der Waals surface area contributed by atoms with Gasteiger partial charge in [0.1, 0.15) is 11.6 Å². The summed E-state index contributed by atoms with van der Waals surface area (Å²) in [6.45, 7) is 4.76. The maximum Gasteiger partial charge on any atom is 0.346 e. The van der Waals surface area contributed by atoms with Crippen molar-refractivity contribution in [2.24, 2.45) is 0 Å². The molecule has 1 rings (SSSR count). The number of anilines is 1. The fourth-order valence-corrected chi connectivity index (χ4v) is 1.62. The predicted octanol–water partition coefficient (Wildman–Crippen LogP) is 2.30. The molecule has 0 heterocycles. The van der Waals surface area contributed by atoms with Crippen LogP contribution in [-0.2, 0) is 4.79 Å². The van der Waals surface area contributed by atoms with E-state index in [4.69, 9.17) is 16.8 Å². The second-order valence-electron chi connectivity index (χ2n) is 3.94. The number of rotatable bonds is 6. The lowest BCUT2D eigenvalue weighted by Gasteiger charge is -2.20. The number of nitriles is 1. The third-order valence-corrected chi connectivity index (χ3v) is 2.55. The highest BCUT2D eigenvalue weighted by Gasteiger charge is 2.06. The Morgan fingerprint density at radius 1 is 1.45 bits per heavy atom. The van der Waals surface area contributed by atoms with Crippen LogP contribution in [-0.4, -0.2) is 24.2 Å². The minimum atomic E-state index is -1.24. The van der Waals surface area contributed by atoms with Crippen LogP contribution in [0.4, 0.5) is 5.69 Å². The number of hydrogen-bond donors (Lipinski definition) is 1. The van der Waals surface area contributed by atoms with Gasteiger partial charge in [0, 0.05) is 12.2 Å². The number of carbonyl (C=O) groups is 1. The largest absolute Gasteiger partial charge is 0.477 e. The number of aliphatic carboxylic acids is 1. The zero-order valence-electron chi connectivity index (χ0n) is 10.9. The van der Waals surface area contributed by atoms with Crippen LogP contribution in [0.2, 0.25) is 0 Å². The predicted molar refractivity (Wildman–Crippen MR) is 78.9 cm³/mol. The summed E-state index contributed by atoms with van der Waals surface area (Å²) in [6.07, 6.45) is 8.39. The summed E-state index contributed by atoms with van der Waals surface area (Å²) in [6, 6.07) is 8.76. The molecule has 0 saturated heterocycles. The lowest BCUT2D eigenvalue weighted by molar-refractivity contribution is -0.132. The average molecular weight is 266 g/mol. The molecule has 0 unspecified atom stereocenters. The minimum Gasteiger partial charge on any atom is -0.477 e. The Morgan fingerprint density at radius 2 is 2.10 bits per heavy atom. The molecule has 0 aromatic heterocycles. The van der Waals surface area contributed by atoms with Gasteiger partial charge in [0.2, 0.25) is 0 Å². The van der Waals surface area contributed by atoms with E-state index in [1.165, 1.54) is 6.08 Å². The van der Waals surface area contributed by atoms with E-state index in [0.717, 1.165) is 5.69 Å². The zero-order valence-corrected chi connectivity index (χ0v) is 10.9. The van der Waals surface area contributed by atoms with E-state index in [-0.39, 0.29) is 5.57 Å². The number of hydrogen-bond acceptors (Lipinski definition) is 3.